The largest absolute Gasteiger partial charge is 0.491 e. The molecule has 13 nitrogen and oxygen atoms in total. The first-order valence-corrected chi connectivity index (χ1v) is 20.5. The number of rotatable bonds is 24. The first kappa shape index (κ1) is 49.0. The predicted octanol–water partition coefficient (Wildman–Crippen LogP) is 5.56. The van der Waals surface area contributed by atoms with Crippen LogP contribution in [0.2, 0.25) is 0 Å². The van der Waals surface area contributed by atoms with E-state index in [9.17, 15) is 9.59 Å². The van der Waals surface area contributed by atoms with Gasteiger partial charge < -0.3 is 47.7 Å². The standard InChI is InChI=1S/C48H58BN3O10/c1-8-61-44(53)35-50-48(54)41-16-14-40(15-17-41)45(46-36(2)34-42(51-46)18-11-39-12-19-43(20-13-39)62-32-31-60-30-27-57-7)47-37(3)33-38(4)52(47)49(21-9-23-58-28-25-55-5)22-10-24-59-29-26-56-6/h11-20,33-34H,8,23-32,35H2,1-7H3,(H,50,54)/b18-11+,46-45-. The number of methoxy groups -OCH3 is 3. The number of aromatic nitrogens is 1. The van der Waals surface area contributed by atoms with Gasteiger partial charge >= 0.3 is 12.8 Å². The molecule has 0 bridgehead atoms. The second-order valence-corrected chi connectivity index (χ2v) is 13.8. The number of hydrogen-bond donors (Lipinski definition) is 1. The van der Waals surface area contributed by atoms with Crippen LogP contribution in [0.3, 0.4) is 0 Å². The van der Waals surface area contributed by atoms with Crippen molar-refractivity contribution in [3.63, 3.8) is 0 Å². The molecule has 62 heavy (non-hydrogen) atoms. The van der Waals surface area contributed by atoms with E-state index in [1.807, 2.05) is 68.5 Å². The van der Waals surface area contributed by atoms with Crippen LogP contribution < -0.4 is 10.1 Å². The van der Waals surface area contributed by atoms with E-state index < -0.39 is 18.7 Å². The molecule has 14 heteroatoms. The number of nitrogens with zero attached hydrogens (tertiary/aromatic N) is 2. The number of hydrogen-bond acceptors (Lipinski definition) is 11. The number of aryl methyl sites for hydroxylation is 2. The summed E-state index contributed by atoms with van der Waals surface area (Å²) < 4.78 is 45.0. The van der Waals surface area contributed by atoms with Crippen molar-refractivity contribution in [2.75, 3.05) is 101 Å². The molecular weight excluding hydrogens is 789 g/mol. The van der Waals surface area contributed by atoms with Crippen molar-refractivity contribution in [3.05, 3.63) is 112 Å². The third kappa shape index (κ3) is 15.6. The van der Waals surface area contributed by atoms with E-state index in [0.29, 0.717) is 58.4 Å². The fourth-order valence-electron chi connectivity index (χ4n) is 6.28. The molecule has 4 rings (SSSR count). The van der Waals surface area contributed by atoms with Crippen LogP contribution >= 0.6 is 0 Å². The predicted molar refractivity (Wildman–Crippen MR) is 242 cm³/mol. The zero-order valence-electron chi connectivity index (χ0n) is 37.0. The molecule has 328 valence electrons. The SMILES string of the molecule is CCOC(=O)CNC(=O)c1ccc(/C(=C2N=C(/C=C/c3ccc(OCCOCCOC)cc3)C=C/2C)c2c(C)cc(C)n2B(C#CCOCCOC)C#CCOCCOC)cc1. The number of carbonyl (C=O) groups is 2. The lowest BCUT2D eigenvalue weighted by Crippen LogP contribution is -2.30. The van der Waals surface area contributed by atoms with Crippen LogP contribution in [0.1, 0.15) is 52.3 Å². The Morgan fingerprint density at radius 1 is 0.758 bits per heavy atom. The Bertz CT molecular complexity index is 2140. The van der Waals surface area contributed by atoms with Gasteiger partial charge in [0.05, 0.1) is 64.3 Å². The molecule has 0 unspecified atom stereocenters. The summed E-state index contributed by atoms with van der Waals surface area (Å²) >= 11 is 0. The summed E-state index contributed by atoms with van der Waals surface area (Å²) in [6.45, 7) is 11.4. The minimum Gasteiger partial charge on any atom is -0.491 e. The molecule has 1 aliphatic rings. The van der Waals surface area contributed by atoms with E-state index in [4.69, 9.17) is 42.9 Å². The number of allylic oxidation sites excluding steroid dienone is 3. The van der Waals surface area contributed by atoms with E-state index >= 15 is 0 Å². The molecule has 0 radical (unpaired) electrons. The third-order valence-electron chi connectivity index (χ3n) is 9.21. The van der Waals surface area contributed by atoms with Gasteiger partial charge in [0.25, 0.3) is 5.91 Å². The van der Waals surface area contributed by atoms with Crippen molar-refractivity contribution in [3.8, 4) is 29.2 Å². The molecular formula is C48H58BN3O10. The monoisotopic (exact) mass is 847 g/mol. The zero-order chi connectivity index (χ0) is 44.5. The van der Waals surface area contributed by atoms with Gasteiger partial charge in [-0.2, -0.15) is 0 Å². The fourth-order valence-corrected chi connectivity index (χ4v) is 6.28. The molecule has 1 aromatic heterocycles. The van der Waals surface area contributed by atoms with Crippen molar-refractivity contribution < 1.29 is 47.5 Å². The maximum atomic E-state index is 13.1. The normalized spacial score (nSPS) is 12.8. The first-order valence-electron chi connectivity index (χ1n) is 20.5. The third-order valence-corrected chi connectivity index (χ3v) is 9.21. The van der Waals surface area contributed by atoms with Crippen LogP contribution in [-0.2, 0) is 38.0 Å². The molecule has 1 amide bonds. The van der Waals surface area contributed by atoms with Crippen molar-refractivity contribution in [1.82, 2.24) is 9.79 Å². The number of amides is 1. The average molecular weight is 848 g/mol. The highest BCUT2D eigenvalue weighted by Crippen LogP contribution is 2.37. The van der Waals surface area contributed by atoms with E-state index in [0.717, 1.165) is 56.4 Å². The van der Waals surface area contributed by atoms with Crippen LogP contribution in [-0.4, -0.2) is 129 Å². The smallest absolute Gasteiger partial charge is 0.433 e. The number of carbonyl (C=O) groups excluding carboxylic acids is 2. The van der Waals surface area contributed by atoms with Crippen LogP contribution in [0.5, 0.6) is 5.75 Å². The summed E-state index contributed by atoms with van der Waals surface area (Å²) in [6.07, 6.45) is 6.04. The minimum atomic E-state index is -0.580. The van der Waals surface area contributed by atoms with E-state index in [1.54, 1.807) is 40.4 Å². The second kappa shape index (κ2) is 27.3. The van der Waals surface area contributed by atoms with Gasteiger partial charge in [0.2, 0.25) is 0 Å². The topological polar surface area (TPSA) is 137 Å². The van der Waals surface area contributed by atoms with Crippen LogP contribution in [0.4, 0.5) is 0 Å². The number of benzene rings is 2. The molecule has 0 saturated carbocycles. The summed E-state index contributed by atoms with van der Waals surface area (Å²) in [4.78, 5) is 30.2. The lowest BCUT2D eigenvalue weighted by atomic mass is 9.63. The lowest BCUT2D eigenvalue weighted by molar-refractivity contribution is -0.141. The Balaban J connectivity index is 1.76. The maximum absolute atomic E-state index is 13.1. The number of aliphatic imine (C=N–C) groups is 1. The summed E-state index contributed by atoms with van der Waals surface area (Å²) in [5.41, 5.74) is 8.28. The van der Waals surface area contributed by atoms with Crippen LogP contribution in [0, 0.1) is 37.3 Å². The second-order valence-electron chi connectivity index (χ2n) is 13.8. The summed E-state index contributed by atoms with van der Waals surface area (Å²) in [5, 5.41) is 2.64. The Morgan fingerprint density at radius 2 is 1.35 bits per heavy atom. The summed E-state index contributed by atoms with van der Waals surface area (Å²) in [7, 11) is 4.89. The molecule has 2 aromatic carbocycles. The van der Waals surface area contributed by atoms with Gasteiger partial charge in [-0.3, -0.25) is 9.59 Å². The maximum Gasteiger partial charge on any atom is 0.433 e. The number of nitrogens with one attached hydrogen (secondary N) is 1. The van der Waals surface area contributed by atoms with Crippen molar-refractivity contribution in [2.45, 2.75) is 27.7 Å². The quantitative estimate of drug-likeness (QED) is 0.0528. The van der Waals surface area contributed by atoms with Crippen LogP contribution in [0.25, 0.3) is 11.6 Å². The Hall–Kier alpha value is -5.71. The average Bonchev–Trinajstić information content (AvgIpc) is 3.79. The van der Waals surface area contributed by atoms with Crippen molar-refractivity contribution >= 4 is 36.1 Å². The fraction of sp³-hybridized carbons (Fsp3) is 0.396. The Labute approximate surface area is 366 Å². The van der Waals surface area contributed by atoms with Gasteiger partial charge in [0.15, 0.2) is 0 Å². The molecule has 0 spiro atoms. The molecule has 2 heterocycles. The van der Waals surface area contributed by atoms with Gasteiger partial charge in [-0.1, -0.05) is 42.2 Å². The highest BCUT2D eigenvalue weighted by molar-refractivity contribution is 6.74. The van der Waals surface area contributed by atoms with Gasteiger partial charge in [-0.15, -0.1) is 11.6 Å². The lowest BCUT2D eigenvalue weighted by Gasteiger charge is -2.19. The van der Waals surface area contributed by atoms with E-state index in [-0.39, 0.29) is 26.4 Å². The molecule has 0 aliphatic carbocycles. The molecule has 1 N–H and O–H groups in total. The van der Waals surface area contributed by atoms with Crippen molar-refractivity contribution in [2.24, 2.45) is 4.99 Å². The Morgan fingerprint density at radius 3 is 1.97 bits per heavy atom. The molecule has 0 saturated heterocycles. The highest BCUT2D eigenvalue weighted by Gasteiger charge is 2.27. The molecule has 0 atom stereocenters. The first-order chi connectivity index (χ1) is 30.2. The minimum absolute atomic E-state index is 0.204. The summed E-state index contributed by atoms with van der Waals surface area (Å²) in [5.74, 6) is 12.9. The van der Waals surface area contributed by atoms with E-state index in [2.05, 4.69) is 46.3 Å². The molecule has 3 aromatic rings. The number of ether oxygens (including phenoxy) is 8. The number of esters is 1. The summed E-state index contributed by atoms with van der Waals surface area (Å²) in [6, 6.07) is 17.2. The van der Waals surface area contributed by atoms with Gasteiger partial charge in [-0.05, 0) is 92.4 Å². The molecule has 1 aliphatic heterocycles. The molecule has 0 fully saturated rings. The van der Waals surface area contributed by atoms with Crippen molar-refractivity contribution in [1.29, 1.82) is 0 Å². The van der Waals surface area contributed by atoms with Gasteiger partial charge in [0, 0.05) is 43.9 Å². The highest BCUT2D eigenvalue weighted by atomic mass is 16.5. The van der Waals surface area contributed by atoms with Crippen LogP contribution in [0.15, 0.2) is 83.0 Å². The van der Waals surface area contributed by atoms with Gasteiger partial charge in [-0.25, -0.2) is 4.99 Å². The van der Waals surface area contributed by atoms with E-state index in [1.165, 1.54) is 0 Å². The van der Waals surface area contributed by atoms with Gasteiger partial charge in [0.1, 0.15) is 32.1 Å². The Kier molecular flexibility index (Phi) is 21.5. The zero-order valence-corrected chi connectivity index (χ0v) is 37.0.